The Morgan fingerprint density at radius 1 is 1.26 bits per heavy atom. The first-order valence-corrected chi connectivity index (χ1v) is 7.75. The van der Waals surface area contributed by atoms with Crippen molar-refractivity contribution < 1.29 is 0 Å². The fourth-order valence-electron chi connectivity index (χ4n) is 2.64. The minimum atomic E-state index is 0.473. The number of aryl methyl sites for hydroxylation is 2. The van der Waals surface area contributed by atoms with Crippen LogP contribution in [0.5, 0.6) is 0 Å². The molecule has 4 heteroatoms. The second-order valence-electron chi connectivity index (χ2n) is 5.57. The van der Waals surface area contributed by atoms with Crippen molar-refractivity contribution in [1.82, 2.24) is 15.1 Å². The Kier molecular flexibility index (Phi) is 6.34. The molecule has 0 aromatic carbocycles. The normalized spacial score (nSPS) is 14.9. The summed E-state index contributed by atoms with van der Waals surface area (Å²) in [5, 5.41) is 8.85. The number of nitrogens with zero attached hydrogens (tertiary/aromatic N) is 2. The summed E-state index contributed by atoms with van der Waals surface area (Å²) >= 11 is 6.50. The van der Waals surface area contributed by atoms with Crippen LogP contribution >= 0.6 is 11.6 Å². The van der Waals surface area contributed by atoms with Gasteiger partial charge in [-0.2, -0.15) is 5.10 Å². The summed E-state index contributed by atoms with van der Waals surface area (Å²) in [4.78, 5) is 0. The SMILES string of the molecule is CCc1nn(CC)c(CC(C(C)C)C(C)NC)c1Cl. The lowest BCUT2D eigenvalue weighted by Gasteiger charge is -2.27. The van der Waals surface area contributed by atoms with Gasteiger partial charge in [0.2, 0.25) is 0 Å². The molecule has 0 fully saturated rings. The molecule has 2 atom stereocenters. The Hall–Kier alpha value is -0.540. The molecule has 0 saturated heterocycles. The van der Waals surface area contributed by atoms with Crippen LogP contribution in [-0.4, -0.2) is 22.9 Å². The summed E-state index contributed by atoms with van der Waals surface area (Å²) in [6.07, 6.45) is 1.88. The van der Waals surface area contributed by atoms with Gasteiger partial charge in [-0.25, -0.2) is 0 Å². The van der Waals surface area contributed by atoms with Gasteiger partial charge in [-0.05, 0) is 45.6 Å². The van der Waals surface area contributed by atoms with Crippen molar-refractivity contribution in [1.29, 1.82) is 0 Å². The average molecular weight is 286 g/mol. The molecule has 2 unspecified atom stereocenters. The number of rotatable bonds is 7. The molecule has 19 heavy (non-hydrogen) atoms. The molecule has 1 aromatic heterocycles. The molecular formula is C15H28ClN3. The molecule has 0 aliphatic carbocycles. The Morgan fingerprint density at radius 3 is 2.32 bits per heavy atom. The maximum atomic E-state index is 6.50. The maximum Gasteiger partial charge on any atom is 0.0849 e. The summed E-state index contributed by atoms with van der Waals surface area (Å²) < 4.78 is 2.07. The highest BCUT2D eigenvalue weighted by Gasteiger charge is 2.24. The number of aromatic nitrogens is 2. The first-order chi connectivity index (χ1) is 8.96. The van der Waals surface area contributed by atoms with Gasteiger partial charge in [0.1, 0.15) is 0 Å². The molecule has 0 aliphatic heterocycles. The van der Waals surface area contributed by atoms with Crippen LogP contribution < -0.4 is 5.32 Å². The molecular weight excluding hydrogens is 258 g/mol. The van der Waals surface area contributed by atoms with Gasteiger partial charge in [0.25, 0.3) is 0 Å². The quantitative estimate of drug-likeness (QED) is 0.830. The van der Waals surface area contributed by atoms with E-state index in [4.69, 9.17) is 11.6 Å². The third kappa shape index (κ3) is 3.73. The molecule has 3 nitrogen and oxygen atoms in total. The van der Waals surface area contributed by atoms with E-state index in [1.165, 1.54) is 5.69 Å². The molecule has 0 bridgehead atoms. The predicted octanol–water partition coefficient (Wildman–Crippen LogP) is 3.54. The molecule has 0 saturated carbocycles. The van der Waals surface area contributed by atoms with E-state index < -0.39 is 0 Å². The molecule has 110 valence electrons. The summed E-state index contributed by atoms with van der Waals surface area (Å²) in [5.74, 6) is 1.18. The maximum absolute atomic E-state index is 6.50. The van der Waals surface area contributed by atoms with E-state index in [1.807, 2.05) is 7.05 Å². The van der Waals surface area contributed by atoms with Crippen molar-refractivity contribution in [2.75, 3.05) is 7.05 Å². The van der Waals surface area contributed by atoms with Crippen molar-refractivity contribution in [3.8, 4) is 0 Å². The fourth-order valence-corrected chi connectivity index (χ4v) is 2.99. The topological polar surface area (TPSA) is 29.9 Å². The van der Waals surface area contributed by atoms with Crippen LogP contribution in [0.3, 0.4) is 0 Å². The highest BCUT2D eigenvalue weighted by Crippen LogP contribution is 2.28. The lowest BCUT2D eigenvalue weighted by Crippen LogP contribution is -2.35. The van der Waals surface area contributed by atoms with Gasteiger partial charge < -0.3 is 5.32 Å². The Bertz CT molecular complexity index is 398. The second-order valence-corrected chi connectivity index (χ2v) is 5.94. The van der Waals surface area contributed by atoms with E-state index in [0.717, 1.165) is 30.1 Å². The summed E-state index contributed by atoms with van der Waals surface area (Å²) in [6, 6.07) is 0.473. The monoisotopic (exact) mass is 285 g/mol. The van der Waals surface area contributed by atoms with Gasteiger partial charge in [-0.15, -0.1) is 0 Å². The third-order valence-electron chi connectivity index (χ3n) is 4.08. The molecule has 0 radical (unpaired) electrons. The van der Waals surface area contributed by atoms with Crippen molar-refractivity contribution in [3.63, 3.8) is 0 Å². The molecule has 1 heterocycles. The molecule has 1 N–H and O–H groups in total. The largest absolute Gasteiger partial charge is 0.317 e. The average Bonchev–Trinajstić information content (AvgIpc) is 2.70. The van der Waals surface area contributed by atoms with Crippen LogP contribution in [0.2, 0.25) is 5.02 Å². The zero-order chi connectivity index (χ0) is 14.6. The lowest BCUT2D eigenvalue weighted by atomic mass is 9.85. The van der Waals surface area contributed by atoms with Gasteiger partial charge in [0.15, 0.2) is 0 Å². The van der Waals surface area contributed by atoms with E-state index >= 15 is 0 Å². The summed E-state index contributed by atoms with van der Waals surface area (Å²) in [5.41, 5.74) is 2.22. The number of hydrogen-bond donors (Lipinski definition) is 1. The van der Waals surface area contributed by atoms with E-state index in [2.05, 4.69) is 49.7 Å². The first-order valence-electron chi connectivity index (χ1n) is 7.37. The van der Waals surface area contributed by atoms with E-state index in [1.54, 1.807) is 0 Å². The van der Waals surface area contributed by atoms with Crippen LogP contribution in [0.4, 0.5) is 0 Å². The Labute approximate surface area is 122 Å². The zero-order valence-electron chi connectivity index (χ0n) is 13.1. The number of nitrogens with one attached hydrogen (secondary N) is 1. The highest BCUT2D eigenvalue weighted by molar-refractivity contribution is 6.31. The van der Waals surface area contributed by atoms with Crippen molar-refractivity contribution >= 4 is 11.6 Å². The first kappa shape index (κ1) is 16.5. The molecule has 0 amide bonds. The predicted molar refractivity (Wildman–Crippen MR) is 82.8 cm³/mol. The summed E-state index contributed by atoms with van der Waals surface area (Å²) in [6.45, 7) is 11.9. The van der Waals surface area contributed by atoms with Crippen molar-refractivity contribution in [2.24, 2.45) is 11.8 Å². The van der Waals surface area contributed by atoms with Crippen molar-refractivity contribution in [3.05, 3.63) is 16.4 Å². The fraction of sp³-hybridized carbons (Fsp3) is 0.800. The molecule has 0 aliphatic rings. The molecule has 1 aromatic rings. The minimum Gasteiger partial charge on any atom is -0.317 e. The zero-order valence-corrected chi connectivity index (χ0v) is 13.9. The molecule has 1 rings (SSSR count). The van der Waals surface area contributed by atoms with Crippen molar-refractivity contribution in [2.45, 2.75) is 60.0 Å². The number of hydrogen-bond acceptors (Lipinski definition) is 2. The standard InChI is InChI=1S/C15H28ClN3/c1-7-13-15(16)14(19(8-2)18-13)9-12(10(3)4)11(5)17-6/h10-12,17H,7-9H2,1-6H3. The van der Waals surface area contributed by atoms with Gasteiger partial charge in [0.05, 0.1) is 16.4 Å². The van der Waals surface area contributed by atoms with Crippen LogP contribution in [0.15, 0.2) is 0 Å². The molecule has 0 spiro atoms. The Morgan fingerprint density at radius 2 is 1.89 bits per heavy atom. The van der Waals surface area contributed by atoms with E-state index in [-0.39, 0.29) is 0 Å². The third-order valence-corrected chi connectivity index (χ3v) is 4.51. The van der Waals surface area contributed by atoms with Gasteiger partial charge in [-0.3, -0.25) is 4.68 Å². The van der Waals surface area contributed by atoms with Gasteiger partial charge in [-0.1, -0.05) is 32.4 Å². The van der Waals surface area contributed by atoms with Crippen LogP contribution in [-0.2, 0) is 19.4 Å². The van der Waals surface area contributed by atoms with E-state index in [9.17, 15) is 0 Å². The van der Waals surface area contributed by atoms with E-state index in [0.29, 0.717) is 17.9 Å². The van der Waals surface area contributed by atoms with Crippen LogP contribution in [0.25, 0.3) is 0 Å². The Balaban J connectivity index is 3.05. The minimum absolute atomic E-state index is 0.473. The van der Waals surface area contributed by atoms with Crippen LogP contribution in [0, 0.1) is 11.8 Å². The van der Waals surface area contributed by atoms with Gasteiger partial charge >= 0.3 is 0 Å². The second kappa shape index (κ2) is 7.30. The number of halogens is 1. The lowest BCUT2D eigenvalue weighted by molar-refractivity contribution is 0.294. The highest BCUT2D eigenvalue weighted by atomic mass is 35.5. The van der Waals surface area contributed by atoms with Crippen LogP contribution in [0.1, 0.15) is 46.0 Å². The summed E-state index contributed by atoms with van der Waals surface area (Å²) in [7, 11) is 2.02. The van der Waals surface area contributed by atoms with Gasteiger partial charge in [0, 0.05) is 12.6 Å². The smallest absolute Gasteiger partial charge is 0.0849 e.